The van der Waals surface area contributed by atoms with E-state index < -0.39 is 10.0 Å². The minimum atomic E-state index is -3.49. The van der Waals surface area contributed by atoms with Crippen LogP contribution in [0.4, 0.5) is 0 Å². The van der Waals surface area contributed by atoms with Crippen LogP contribution in [0.2, 0.25) is 0 Å². The Labute approximate surface area is 152 Å². The summed E-state index contributed by atoms with van der Waals surface area (Å²) < 4.78 is 37.4. The summed E-state index contributed by atoms with van der Waals surface area (Å²) in [6, 6.07) is 9.63. The first-order valence-corrected chi connectivity index (χ1v) is 10.0. The predicted octanol–water partition coefficient (Wildman–Crippen LogP) is 2.06. The average Bonchev–Trinajstić information content (AvgIpc) is 3.28. The van der Waals surface area contributed by atoms with E-state index in [-0.39, 0.29) is 16.8 Å². The van der Waals surface area contributed by atoms with Gasteiger partial charge in [0.15, 0.2) is 0 Å². The van der Waals surface area contributed by atoms with Gasteiger partial charge in [0.05, 0.1) is 11.2 Å². The molecule has 1 amide bonds. The molecular weight excluding hydrogens is 356 g/mol. The van der Waals surface area contributed by atoms with Crippen molar-refractivity contribution in [1.82, 2.24) is 10.0 Å². The quantitative estimate of drug-likeness (QED) is 0.617. The molecule has 1 saturated carbocycles. The summed E-state index contributed by atoms with van der Waals surface area (Å²) >= 11 is 0. The van der Waals surface area contributed by atoms with Gasteiger partial charge in [-0.25, -0.2) is 13.1 Å². The minimum absolute atomic E-state index is 0.0537. The van der Waals surface area contributed by atoms with Crippen molar-refractivity contribution in [2.45, 2.75) is 36.8 Å². The Hall–Kier alpha value is -2.16. The zero-order valence-electron chi connectivity index (χ0n) is 14.3. The summed E-state index contributed by atoms with van der Waals surface area (Å²) in [4.78, 5) is 12.3. The van der Waals surface area contributed by atoms with Crippen LogP contribution in [-0.4, -0.2) is 33.5 Å². The third-order valence-corrected chi connectivity index (χ3v) is 5.44. The van der Waals surface area contributed by atoms with Crippen molar-refractivity contribution in [3.63, 3.8) is 0 Å². The van der Waals surface area contributed by atoms with E-state index in [4.69, 9.17) is 9.15 Å². The average molecular weight is 378 g/mol. The fraction of sp³-hybridized carbons (Fsp3) is 0.389. The van der Waals surface area contributed by atoms with Crippen molar-refractivity contribution in [1.29, 1.82) is 0 Å². The number of hydrogen-bond acceptors (Lipinski definition) is 5. The van der Waals surface area contributed by atoms with Crippen LogP contribution in [0.5, 0.6) is 0 Å². The Kier molecular flexibility index (Phi) is 6.08. The van der Waals surface area contributed by atoms with Crippen molar-refractivity contribution in [3.05, 3.63) is 54.0 Å². The van der Waals surface area contributed by atoms with Crippen LogP contribution in [-0.2, 0) is 21.4 Å². The summed E-state index contributed by atoms with van der Waals surface area (Å²) in [5.74, 6) is 0.524. The van der Waals surface area contributed by atoms with Gasteiger partial charge in [0.2, 0.25) is 10.0 Å². The number of rotatable bonds is 10. The first-order valence-electron chi connectivity index (χ1n) is 8.55. The summed E-state index contributed by atoms with van der Waals surface area (Å²) in [6.07, 6.45) is 4.03. The number of benzene rings is 1. The van der Waals surface area contributed by atoms with Gasteiger partial charge in [-0.3, -0.25) is 4.79 Å². The second kappa shape index (κ2) is 8.48. The van der Waals surface area contributed by atoms with E-state index in [1.807, 2.05) is 6.07 Å². The van der Waals surface area contributed by atoms with Gasteiger partial charge in [0.25, 0.3) is 5.91 Å². The van der Waals surface area contributed by atoms with Gasteiger partial charge >= 0.3 is 0 Å². The molecule has 0 bridgehead atoms. The van der Waals surface area contributed by atoms with Crippen molar-refractivity contribution in [3.8, 4) is 0 Å². The standard InChI is InChI=1S/C18H22N2O5S/c21-18(19-10-2-11-24-13-16-3-1-12-25-16)14-4-8-17(9-5-14)26(22,23)20-15-6-7-15/h1,3-5,8-9,12,15,20H,2,6-7,10-11,13H2,(H,19,21). The van der Waals surface area contributed by atoms with Crippen LogP contribution < -0.4 is 10.0 Å². The number of nitrogens with one attached hydrogen (secondary N) is 2. The molecule has 26 heavy (non-hydrogen) atoms. The zero-order valence-corrected chi connectivity index (χ0v) is 15.1. The lowest BCUT2D eigenvalue weighted by Crippen LogP contribution is -2.27. The first-order chi connectivity index (χ1) is 12.5. The molecule has 7 nitrogen and oxygen atoms in total. The summed E-state index contributed by atoms with van der Waals surface area (Å²) in [5, 5.41) is 2.79. The highest BCUT2D eigenvalue weighted by Crippen LogP contribution is 2.22. The van der Waals surface area contributed by atoms with Crippen molar-refractivity contribution in [2.75, 3.05) is 13.2 Å². The van der Waals surface area contributed by atoms with Crippen LogP contribution in [0.1, 0.15) is 35.4 Å². The number of ether oxygens (including phenoxy) is 1. The summed E-state index contributed by atoms with van der Waals surface area (Å²) in [6.45, 7) is 1.39. The highest BCUT2D eigenvalue weighted by atomic mass is 32.2. The van der Waals surface area contributed by atoms with Gasteiger partial charge in [0.1, 0.15) is 12.4 Å². The molecular formula is C18H22N2O5S. The molecule has 0 saturated heterocycles. The molecule has 1 aliphatic rings. The molecule has 0 aliphatic heterocycles. The van der Waals surface area contributed by atoms with Crippen molar-refractivity contribution >= 4 is 15.9 Å². The van der Waals surface area contributed by atoms with Crippen LogP contribution in [0.25, 0.3) is 0 Å². The number of carbonyl (C=O) groups excluding carboxylic acids is 1. The lowest BCUT2D eigenvalue weighted by Gasteiger charge is -2.08. The van der Waals surface area contributed by atoms with Gasteiger partial charge < -0.3 is 14.5 Å². The van der Waals surface area contributed by atoms with Crippen molar-refractivity contribution in [2.24, 2.45) is 0 Å². The van der Waals surface area contributed by atoms with Crippen LogP contribution in [0.15, 0.2) is 52.0 Å². The number of amides is 1. The molecule has 140 valence electrons. The van der Waals surface area contributed by atoms with Gasteiger partial charge in [-0.1, -0.05) is 0 Å². The van der Waals surface area contributed by atoms with E-state index in [1.54, 1.807) is 12.3 Å². The molecule has 0 radical (unpaired) electrons. The fourth-order valence-corrected chi connectivity index (χ4v) is 3.62. The monoisotopic (exact) mass is 378 g/mol. The van der Waals surface area contributed by atoms with Gasteiger partial charge in [-0.15, -0.1) is 0 Å². The van der Waals surface area contributed by atoms with E-state index in [1.165, 1.54) is 24.3 Å². The number of furan rings is 1. The number of sulfonamides is 1. The molecule has 2 aromatic rings. The second-order valence-electron chi connectivity index (χ2n) is 6.16. The summed E-state index contributed by atoms with van der Waals surface area (Å²) in [7, 11) is -3.49. The Morgan fingerprint density at radius 3 is 2.62 bits per heavy atom. The fourth-order valence-electron chi connectivity index (χ4n) is 2.32. The Morgan fingerprint density at radius 2 is 1.96 bits per heavy atom. The molecule has 1 aromatic carbocycles. The molecule has 0 spiro atoms. The number of hydrogen-bond donors (Lipinski definition) is 2. The maximum Gasteiger partial charge on any atom is 0.251 e. The Morgan fingerprint density at radius 1 is 1.19 bits per heavy atom. The van der Waals surface area contributed by atoms with E-state index in [9.17, 15) is 13.2 Å². The molecule has 1 fully saturated rings. The molecule has 1 heterocycles. The molecule has 2 N–H and O–H groups in total. The molecule has 0 atom stereocenters. The Balaban J connectivity index is 1.38. The minimum Gasteiger partial charge on any atom is -0.467 e. The molecule has 1 aromatic heterocycles. The van der Waals surface area contributed by atoms with Gasteiger partial charge in [-0.2, -0.15) is 0 Å². The van der Waals surface area contributed by atoms with E-state index >= 15 is 0 Å². The first kappa shape index (κ1) is 18.6. The maximum atomic E-state index is 12.1. The van der Waals surface area contributed by atoms with Crippen molar-refractivity contribution < 1.29 is 22.4 Å². The molecule has 1 aliphatic carbocycles. The van der Waals surface area contributed by atoms with E-state index in [2.05, 4.69) is 10.0 Å². The summed E-state index contributed by atoms with van der Waals surface area (Å²) in [5.41, 5.74) is 0.423. The topological polar surface area (TPSA) is 97.6 Å². The molecule has 0 unspecified atom stereocenters. The predicted molar refractivity (Wildman–Crippen MR) is 95.1 cm³/mol. The third-order valence-electron chi connectivity index (χ3n) is 3.90. The smallest absolute Gasteiger partial charge is 0.251 e. The lowest BCUT2D eigenvalue weighted by molar-refractivity contribution is 0.0917. The normalized spacial score (nSPS) is 14.3. The van der Waals surface area contributed by atoms with Crippen LogP contribution in [0, 0.1) is 0 Å². The largest absolute Gasteiger partial charge is 0.467 e. The van der Waals surface area contributed by atoms with E-state index in [0.717, 1.165) is 18.6 Å². The lowest BCUT2D eigenvalue weighted by atomic mass is 10.2. The zero-order chi connectivity index (χ0) is 18.4. The number of carbonyl (C=O) groups is 1. The molecule has 8 heteroatoms. The second-order valence-corrected chi connectivity index (χ2v) is 7.88. The maximum absolute atomic E-state index is 12.1. The Bertz CT molecular complexity index is 812. The van der Waals surface area contributed by atoms with Gasteiger partial charge in [0, 0.05) is 24.8 Å². The highest BCUT2D eigenvalue weighted by molar-refractivity contribution is 7.89. The van der Waals surface area contributed by atoms with E-state index in [0.29, 0.717) is 31.7 Å². The van der Waals surface area contributed by atoms with Gasteiger partial charge in [-0.05, 0) is 55.7 Å². The SMILES string of the molecule is O=C(NCCCOCc1ccco1)c1ccc(S(=O)(=O)NC2CC2)cc1. The molecule has 3 rings (SSSR count). The highest BCUT2D eigenvalue weighted by Gasteiger charge is 2.27. The van der Waals surface area contributed by atoms with Crippen LogP contribution in [0.3, 0.4) is 0 Å². The van der Waals surface area contributed by atoms with Crippen LogP contribution >= 0.6 is 0 Å². The third kappa shape index (κ3) is 5.42.